The Morgan fingerprint density at radius 3 is 2.39 bits per heavy atom. The zero-order valence-electron chi connectivity index (χ0n) is 10.3. The number of rotatable bonds is 4. The van der Waals surface area contributed by atoms with Crippen molar-refractivity contribution < 1.29 is 17.6 Å². The molecular weight excluding hydrogens is 259 g/mol. The molecule has 1 amide bonds. The van der Waals surface area contributed by atoms with Gasteiger partial charge in [-0.05, 0) is 24.6 Å². The number of primary amides is 1. The van der Waals surface area contributed by atoms with Gasteiger partial charge in [0.1, 0.15) is 5.82 Å². The lowest BCUT2D eigenvalue weighted by Crippen LogP contribution is -2.26. The second-order valence-corrected chi connectivity index (χ2v) is 6.08. The number of hydrogen-bond acceptors (Lipinski definition) is 3. The van der Waals surface area contributed by atoms with Crippen molar-refractivity contribution in [2.45, 2.75) is 12.8 Å². The summed E-state index contributed by atoms with van der Waals surface area (Å²) in [6, 6.07) is 3.91. The number of carbonyl (C=O) groups is 1. The molecular formula is C11H15FN2O3S. The number of nitrogens with zero attached hydrogens (tertiary/aromatic N) is 1. The van der Waals surface area contributed by atoms with E-state index in [1.54, 1.807) is 6.92 Å². The Morgan fingerprint density at radius 2 is 2.00 bits per heavy atom. The van der Waals surface area contributed by atoms with Gasteiger partial charge in [-0.3, -0.25) is 9.10 Å². The van der Waals surface area contributed by atoms with Crippen LogP contribution < -0.4 is 10.0 Å². The Balaban J connectivity index is 3.19. The average molecular weight is 274 g/mol. The Hall–Kier alpha value is -1.63. The predicted molar refractivity (Wildman–Crippen MR) is 67.3 cm³/mol. The van der Waals surface area contributed by atoms with Crippen LogP contribution in [0.5, 0.6) is 0 Å². The second kappa shape index (κ2) is 4.93. The summed E-state index contributed by atoms with van der Waals surface area (Å²) < 4.78 is 37.2. The first-order valence-electron chi connectivity index (χ1n) is 5.17. The SMILES string of the molecule is CC(C(N)=O)c1ccc(N(C)S(C)(=O)=O)c(F)c1. The minimum Gasteiger partial charge on any atom is -0.369 e. The van der Waals surface area contributed by atoms with Crippen molar-refractivity contribution in [2.24, 2.45) is 5.73 Å². The van der Waals surface area contributed by atoms with Gasteiger partial charge < -0.3 is 5.73 Å². The predicted octanol–water partition coefficient (Wildman–Crippen LogP) is 0.810. The average Bonchev–Trinajstić information content (AvgIpc) is 2.25. The molecule has 1 aromatic carbocycles. The van der Waals surface area contributed by atoms with Crippen LogP contribution in [0.4, 0.5) is 10.1 Å². The van der Waals surface area contributed by atoms with Gasteiger partial charge in [0, 0.05) is 7.05 Å². The highest BCUT2D eigenvalue weighted by atomic mass is 32.2. The van der Waals surface area contributed by atoms with Crippen LogP contribution in [0.25, 0.3) is 0 Å². The number of benzene rings is 1. The second-order valence-electron chi connectivity index (χ2n) is 4.07. The standard InChI is InChI=1S/C11H15FN2O3S/c1-7(11(13)15)8-4-5-10(9(12)6-8)14(2)18(3,16)17/h4-7H,1-3H3,(H2,13,15). The summed E-state index contributed by atoms with van der Waals surface area (Å²) >= 11 is 0. The van der Waals surface area contributed by atoms with Crippen LogP contribution in [0.2, 0.25) is 0 Å². The maximum Gasteiger partial charge on any atom is 0.232 e. The molecule has 0 radical (unpaired) electrons. The van der Waals surface area contributed by atoms with E-state index in [0.717, 1.165) is 16.6 Å². The van der Waals surface area contributed by atoms with E-state index in [1.165, 1.54) is 19.2 Å². The number of sulfonamides is 1. The van der Waals surface area contributed by atoms with Crippen molar-refractivity contribution in [3.63, 3.8) is 0 Å². The van der Waals surface area contributed by atoms with Crippen LogP contribution in [0.15, 0.2) is 18.2 Å². The molecule has 0 saturated heterocycles. The normalized spacial score (nSPS) is 13.1. The molecule has 5 nitrogen and oxygen atoms in total. The molecule has 1 atom stereocenters. The number of amides is 1. The fourth-order valence-corrected chi connectivity index (χ4v) is 1.90. The summed E-state index contributed by atoms with van der Waals surface area (Å²) in [5, 5.41) is 0. The van der Waals surface area contributed by atoms with Crippen molar-refractivity contribution in [1.82, 2.24) is 0 Å². The third-order valence-electron chi connectivity index (χ3n) is 2.74. The number of anilines is 1. The highest BCUT2D eigenvalue weighted by molar-refractivity contribution is 7.92. The first-order valence-corrected chi connectivity index (χ1v) is 7.02. The molecule has 7 heteroatoms. The van der Waals surface area contributed by atoms with Crippen molar-refractivity contribution in [2.75, 3.05) is 17.6 Å². The topological polar surface area (TPSA) is 80.5 Å². The van der Waals surface area contributed by atoms with Gasteiger partial charge in [0.25, 0.3) is 0 Å². The minimum absolute atomic E-state index is 0.0714. The number of carbonyl (C=O) groups excluding carboxylic acids is 1. The maximum atomic E-state index is 13.8. The third-order valence-corrected chi connectivity index (χ3v) is 3.93. The number of nitrogens with two attached hydrogens (primary N) is 1. The highest BCUT2D eigenvalue weighted by Crippen LogP contribution is 2.24. The van der Waals surface area contributed by atoms with Crippen LogP contribution in [-0.2, 0) is 14.8 Å². The minimum atomic E-state index is -3.53. The summed E-state index contributed by atoms with van der Waals surface area (Å²) in [5.74, 6) is -1.91. The molecule has 1 rings (SSSR count). The molecule has 2 N–H and O–H groups in total. The number of halogens is 1. The quantitative estimate of drug-likeness (QED) is 0.882. The van der Waals surface area contributed by atoms with Gasteiger partial charge in [-0.2, -0.15) is 0 Å². The van der Waals surface area contributed by atoms with Crippen molar-refractivity contribution in [3.8, 4) is 0 Å². The van der Waals surface area contributed by atoms with Gasteiger partial charge in [-0.1, -0.05) is 6.07 Å². The molecule has 1 unspecified atom stereocenters. The van der Waals surface area contributed by atoms with E-state index in [2.05, 4.69) is 0 Å². The van der Waals surface area contributed by atoms with E-state index >= 15 is 0 Å². The van der Waals surface area contributed by atoms with Crippen molar-refractivity contribution in [1.29, 1.82) is 0 Å². The van der Waals surface area contributed by atoms with Crippen molar-refractivity contribution in [3.05, 3.63) is 29.6 Å². The molecule has 0 aliphatic rings. The highest BCUT2D eigenvalue weighted by Gasteiger charge is 2.19. The van der Waals surface area contributed by atoms with Gasteiger partial charge >= 0.3 is 0 Å². The van der Waals surface area contributed by atoms with Gasteiger partial charge in [-0.25, -0.2) is 12.8 Å². The van der Waals surface area contributed by atoms with E-state index in [0.29, 0.717) is 5.56 Å². The van der Waals surface area contributed by atoms with Crippen LogP contribution in [0.1, 0.15) is 18.4 Å². The summed E-state index contributed by atoms with van der Waals surface area (Å²) in [5.41, 5.74) is 5.45. The zero-order chi connectivity index (χ0) is 14.1. The lowest BCUT2D eigenvalue weighted by molar-refractivity contribution is -0.119. The summed E-state index contributed by atoms with van der Waals surface area (Å²) in [6.45, 7) is 1.55. The first kappa shape index (κ1) is 14.4. The lowest BCUT2D eigenvalue weighted by atomic mass is 10.0. The molecule has 0 saturated carbocycles. The summed E-state index contributed by atoms with van der Waals surface area (Å²) in [7, 11) is -2.27. The van der Waals surface area contributed by atoms with Crippen LogP contribution in [0.3, 0.4) is 0 Å². The van der Waals surface area contributed by atoms with E-state index in [1.807, 2.05) is 0 Å². The van der Waals surface area contributed by atoms with Gasteiger partial charge in [-0.15, -0.1) is 0 Å². The molecule has 1 aromatic rings. The number of hydrogen-bond donors (Lipinski definition) is 1. The molecule has 0 spiro atoms. The smallest absolute Gasteiger partial charge is 0.232 e. The van der Waals surface area contributed by atoms with Crippen LogP contribution in [-0.4, -0.2) is 27.6 Å². The van der Waals surface area contributed by atoms with Gasteiger partial charge in [0.2, 0.25) is 15.9 Å². The summed E-state index contributed by atoms with van der Waals surface area (Å²) in [6.07, 6.45) is 0.979. The molecule has 0 aliphatic heterocycles. The zero-order valence-corrected chi connectivity index (χ0v) is 11.2. The van der Waals surface area contributed by atoms with E-state index in [4.69, 9.17) is 5.73 Å². The first-order chi connectivity index (χ1) is 8.14. The largest absolute Gasteiger partial charge is 0.369 e. The summed E-state index contributed by atoms with van der Waals surface area (Å²) in [4.78, 5) is 11.0. The van der Waals surface area contributed by atoms with E-state index in [9.17, 15) is 17.6 Å². The monoisotopic (exact) mass is 274 g/mol. The third kappa shape index (κ3) is 2.98. The fraction of sp³-hybridized carbons (Fsp3) is 0.364. The van der Waals surface area contributed by atoms with Gasteiger partial charge in [0.15, 0.2) is 0 Å². The van der Waals surface area contributed by atoms with Crippen molar-refractivity contribution >= 4 is 21.6 Å². The molecule has 0 aromatic heterocycles. The Bertz CT molecular complexity index is 572. The molecule has 0 bridgehead atoms. The molecule has 0 aliphatic carbocycles. The van der Waals surface area contributed by atoms with Crippen LogP contribution in [0, 0.1) is 5.82 Å². The fourth-order valence-electron chi connectivity index (χ4n) is 1.39. The Kier molecular flexibility index (Phi) is 3.95. The maximum absolute atomic E-state index is 13.8. The molecule has 100 valence electrons. The van der Waals surface area contributed by atoms with E-state index in [-0.39, 0.29) is 5.69 Å². The molecule has 0 fully saturated rings. The van der Waals surface area contributed by atoms with Crippen LogP contribution >= 0.6 is 0 Å². The Labute approximate surface area is 105 Å². The molecule has 18 heavy (non-hydrogen) atoms. The van der Waals surface area contributed by atoms with E-state index < -0.39 is 27.7 Å². The Morgan fingerprint density at radius 1 is 1.44 bits per heavy atom. The molecule has 0 heterocycles. The lowest BCUT2D eigenvalue weighted by Gasteiger charge is -2.18. The van der Waals surface area contributed by atoms with Gasteiger partial charge in [0.05, 0.1) is 17.9 Å².